The molecule has 0 aromatic heterocycles. The molecule has 1 fully saturated rings. The standard InChI is InChI=1S/C20H31NO2/c1-4-21(5-2)15-8-16-23-19(22)20(13-6-7-14-20)18-11-9-17(3)10-12-18/h9-12H,4-8,13-16H2,1-3H3. The summed E-state index contributed by atoms with van der Waals surface area (Å²) in [6.07, 6.45) is 4.98. The second kappa shape index (κ2) is 8.49. The number of carbonyl (C=O) groups is 1. The lowest BCUT2D eigenvalue weighted by Gasteiger charge is -2.27. The van der Waals surface area contributed by atoms with Gasteiger partial charge in [0.15, 0.2) is 0 Å². The fraction of sp³-hybridized carbons (Fsp3) is 0.650. The molecule has 0 atom stereocenters. The quantitative estimate of drug-likeness (QED) is 0.534. The number of benzene rings is 1. The summed E-state index contributed by atoms with van der Waals surface area (Å²) in [6.45, 7) is 10.0. The average molecular weight is 317 g/mol. The van der Waals surface area contributed by atoms with Crippen LogP contribution in [0.15, 0.2) is 24.3 Å². The summed E-state index contributed by atoms with van der Waals surface area (Å²) in [5, 5.41) is 0. The van der Waals surface area contributed by atoms with Gasteiger partial charge in [-0.25, -0.2) is 0 Å². The van der Waals surface area contributed by atoms with Gasteiger partial charge in [0.05, 0.1) is 12.0 Å². The molecule has 1 aliphatic carbocycles. The topological polar surface area (TPSA) is 29.5 Å². The highest BCUT2D eigenvalue weighted by molar-refractivity contribution is 5.83. The largest absolute Gasteiger partial charge is 0.465 e. The number of esters is 1. The summed E-state index contributed by atoms with van der Waals surface area (Å²) in [5.74, 6) is -0.0154. The predicted molar refractivity (Wildman–Crippen MR) is 94.7 cm³/mol. The smallest absolute Gasteiger partial charge is 0.316 e. The van der Waals surface area contributed by atoms with E-state index in [0.717, 1.165) is 57.3 Å². The Labute approximate surface area is 141 Å². The zero-order valence-electron chi connectivity index (χ0n) is 14.9. The number of hydrogen-bond acceptors (Lipinski definition) is 3. The maximum atomic E-state index is 12.8. The molecule has 2 rings (SSSR count). The molecule has 1 aromatic carbocycles. The molecule has 0 radical (unpaired) electrons. The van der Waals surface area contributed by atoms with Gasteiger partial charge in [0, 0.05) is 6.54 Å². The first-order valence-corrected chi connectivity index (χ1v) is 9.09. The van der Waals surface area contributed by atoms with Gasteiger partial charge in [0.2, 0.25) is 0 Å². The van der Waals surface area contributed by atoms with Crippen molar-refractivity contribution in [2.45, 2.75) is 58.3 Å². The van der Waals surface area contributed by atoms with Crippen LogP contribution in [0.25, 0.3) is 0 Å². The van der Waals surface area contributed by atoms with Crippen LogP contribution in [-0.2, 0) is 14.9 Å². The molecular weight excluding hydrogens is 286 g/mol. The van der Waals surface area contributed by atoms with E-state index in [4.69, 9.17) is 4.74 Å². The maximum Gasteiger partial charge on any atom is 0.316 e. The summed E-state index contributed by atoms with van der Waals surface area (Å²) in [6, 6.07) is 8.42. The van der Waals surface area contributed by atoms with Crippen molar-refractivity contribution in [1.82, 2.24) is 4.90 Å². The van der Waals surface area contributed by atoms with E-state index in [0.29, 0.717) is 6.61 Å². The van der Waals surface area contributed by atoms with E-state index in [1.807, 2.05) is 0 Å². The molecule has 0 saturated heterocycles. The Kier molecular flexibility index (Phi) is 6.64. The van der Waals surface area contributed by atoms with Crippen LogP contribution >= 0.6 is 0 Å². The number of nitrogens with zero attached hydrogens (tertiary/aromatic N) is 1. The first kappa shape index (κ1) is 18.0. The molecule has 0 unspecified atom stereocenters. The number of rotatable bonds is 8. The van der Waals surface area contributed by atoms with Crippen molar-refractivity contribution in [1.29, 1.82) is 0 Å². The highest BCUT2D eigenvalue weighted by Crippen LogP contribution is 2.42. The van der Waals surface area contributed by atoms with Gasteiger partial charge in [-0.1, -0.05) is 56.5 Å². The SMILES string of the molecule is CCN(CC)CCCOC(=O)C1(c2ccc(C)cc2)CCCC1. The fourth-order valence-electron chi connectivity index (χ4n) is 3.59. The average Bonchev–Trinajstić information content (AvgIpc) is 3.06. The van der Waals surface area contributed by atoms with Crippen molar-refractivity contribution in [2.75, 3.05) is 26.2 Å². The number of carbonyl (C=O) groups excluding carboxylic acids is 1. The summed E-state index contributed by atoms with van der Waals surface area (Å²) < 4.78 is 5.69. The lowest BCUT2D eigenvalue weighted by Crippen LogP contribution is -2.35. The Morgan fingerprint density at radius 1 is 1.13 bits per heavy atom. The molecule has 1 saturated carbocycles. The molecule has 1 aliphatic rings. The maximum absolute atomic E-state index is 12.8. The molecule has 3 heteroatoms. The van der Waals surface area contributed by atoms with E-state index in [2.05, 4.69) is 49.9 Å². The van der Waals surface area contributed by atoms with Crippen molar-refractivity contribution >= 4 is 5.97 Å². The highest BCUT2D eigenvalue weighted by Gasteiger charge is 2.44. The predicted octanol–water partition coefficient (Wildman–Crippen LogP) is 4.08. The van der Waals surface area contributed by atoms with E-state index in [-0.39, 0.29) is 5.97 Å². The summed E-state index contributed by atoms with van der Waals surface area (Å²) in [7, 11) is 0. The minimum absolute atomic E-state index is 0.0154. The Balaban J connectivity index is 1.95. The Bertz CT molecular complexity index is 485. The molecule has 23 heavy (non-hydrogen) atoms. The number of hydrogen-bond donors (Lipinski definition) is 0. The van der Waals surface area contributed by atoms with Gasteiger partial charge in [-0.3, -0.25) is 4.79 Å². The van der Waals surface area contributed by atoms with Crippen LogP contribution < -0.4 is 0 Å². The van der Waals surface area contributed by atoms with Crippen molar-refractivity contribution < 1.29 is 9.53 Å². The molecule has 0 amide bonds. The van der Waals surface area contributed by atoms with Crippen LogP contribution in [0, 0.1) is 6.92 Å². The summed E-state index contributed by atoms with van der Waals surface area (Å²) >= 11 is 0. The van der Waals surface area contributed by atoms with Crippen molar-refractivity contribution in [2.24, 2.45) is 0 Å². The summed E-state index contributed by atoms with van der Waals surface area (Å²) in [5.41, 5.74) is 1.96. The van der Waals surface area contributed by atoms with E-state index in [1.54, 1.807) is 0 Å². The van der Waals surface area contributed by atoms with Crippen LogP contribution in [0.1, 0.15) is 57.1 Å². The van der Waals surface area contributed by atoms with E-state index in [9.17, 15) is 4.79 Å². The Morgan fingerprint density at radius 2 is 1.74 bits per heavy atom. The number of ether oxygens (including phenoxy) is 1. The molecule has 0 spiro atoms. The van der Waals surface area contributed by atoms with Crippen LogP contribution in [0.4, 0.5) is 0 Å². The first-order valence-electron chi connectivity index (χ1n) is 9.09. The monoisotopic (exact) mass is 317 g/mol. The third-order valence-electron chi connectivity index (χ3n) is 5.20. The van der Waals surface area contributed by atoms with Crippen molar-refractivity contribution in [3.8, 4) is 0 Å². The second-order valence-electron chi connectivity index (χ2n) is 6.67. The Morgan fingerprint density at radius 3 is 2.30 bits per heavy atom. The van der Waals surface area contributed by atoms with Gasteiger partial charge in [-0.2, -0.15) is 0 Å². The molecule has 0 N–H and O–H groups in total. The third-order valence-corrected chi connectivity index (χ3v) is 5.20. The van der Waals surface area contributed by atoms with Gasteiger partial charge >= 0.3 is 5.97 Å². The van der Waals surface area contributed by atoms with Gasteiger partial charge in [0.1, 0.15) is 0 Å². The first-order chi connectivity index (χ1) is 11.1. The molecule has 1 aromatic rings. The van der Waals surface area contributed by atoms with Gasteiger partial charge in [-0.05, 0) is 44.8 Å². The van der Waals surface area contributed by atoms with Crippen LogP contribution in [0.2, 0.25) is 0 Å². The zero-order chi connectivity index (χ0) is 16.7. The molecular formula is C20H31NO2. The van der Waals surface area contributed by atoms with E-state index >= 15 is 0 Å². The van der Waals surface area contributed by atoms with Gasteiger partial charge in [-0.15, -0.1) is 0 Å². The van der Waals surface area contributed by atoms with Crippen molar-refractivity contribution in [3.05, 3.63) is 35.4 Å². The third kappa shape index (κ3) is 4.35. The van der Waals surface area contributed by atoms with Crippen LogP contribution in [0.5, 0.6) is 0 Å². The molecule has 0 heterocycles. The van der Waals surface area contributed by atoms with Crippen LogP contribution in [-0.4, -0.2) is 37.1 Å². The van der Waals surface area contributed by atoms with Gasteiger partial charge in [0.25, 0.3) is 0 Å². The normalized spacial score (nSPS) is 16.7. The highest BCUT2D eigenvalue weighted by atomic mass is 16.5. The lowest BCUT2D eigenvalue weighted by atomic mass is 9.78. The zero-order valence-corrected chi connectivity index (χ0v) is 14.9. The fourth-order valence-corrected chi connectivity index (χ4v) is 3.59. The minimum Gasteiger partial charge on any atom is -0.465 e. The van der Waals surface area contributed by atoms with Crippen LogP contribution in [0.3, 0.4) is 0 Å². The molecule has 128 valence electrons. The lowest BCUT2D eigenvalue weighted by molar-refractivity contribution is -0.150. The second-order valence-corrected chi connectivity index (χ2v) is 6.67. The van der Waals surface area contributed by atoms with E-state index in [1.165, 1.54) is 5.56 Å². The molecule has 0 aliphatic heterocycles. The number of aryl methyl sites for hydroxylation is 1. The Hall–Kier alpha value is -1.35. The minimum atomic E-state index is -0.400. The van der Waals surface area contributed by atoms with Gasteiger partial charge < -0.3 is 9.64 Å². The summed E-state index contributed by atoms with van der Waals surface area (Å²) in [4.78, 5) is 15.2. The van der Waals surface area contributed by atoms with Crippen molar-refractivity contribution in [3.63, 3.8) is 0 Å². The molecule has 3 nitrogen and oxygen atoms in total. The van der Waals surface area contributed by atoms with E-state index < -0.39 is 5.41 Å². The molecule has 0 bridgehead atoms.